The van der Waals surface area contributed by atoms with E-state index in [1.54, 1.807) is 0 Å². The van der Waals surface area contributed by atoms with Crippen molar-refractivity contribution < 1.29 is 0 Å². The van der Waals surface area contributed by atoms with E-state index in [-0.39, 0.29) is 0 Å². The van der Waals surface area contributed by atoms with Gasteiger partial charge in [-0.15, -0.1) is 0 Å². The van der Waals surface area contributed by atoms with Gasteiger partial charge in [0.15, 0.2) is 0 Å². The first-order valence-electron chi connectivity index (χ1n) is 8.59. The molecule has 1 aliphatic carbocycles. The lowest BCUT2D eigenvalue weighted by Crippen LogP contribution is -2.24. The van der Waals surface area contributed by atoms with Crippen molar-refractivity contribution in [3.05, 3.63) is 71.3 Å². The van der Waals surface area contributed by atoms with Crippen molar-refractivity contribution in [3.8, 4) is 0 Å². The lowest BCUT2D eigenvalue weighted by molar-refractivity contribution is 0.452. The average molecular weight is 321 g/mol. The number of fused-ring (bicyclic) bond motifs is 1. The van der Waals surface area contributed by atoms with Crippen molar-refractivity contribution in [1.82, 2.24) is 24.9 Å². The highest BCUT2D eigenvalue weighted by Crippen LogP contribution is 2.29. The van der Waals surface area contributed by atoms with E-state index in [9.17, 15) is 0 Å². The summed E-state index contributed by atoms with van der Waals surface area (Å²) in [7, 11) is 2.04. The van der Waals surface area contributed by atoms with Crippen LogP contribution in [0, 0.1) is 0 Å². The molecular weight excluding hydrogens is 298 g/mol. The number of rotatable bonds is 5. The van der Waals surface area contributed by atoms with Gasteiger partial charge < -0.3 is 5.32 Å². The van der Waals surface area contributed by atoms with Crippen LogP contribution in [0.25, 0.3) is 0 Å². The summed E-state index contributed by atoms with van der Waals surface area (Å²) in [6.45, 7) is 1.66. The second-order valence-corrected chi connectivity index (χ2v) is 6.53. The van der Waals surface area contributed by atoms with Crippen LogP contribution in [-0.4, -0.2) is 19.6 Å². The second-order valence-electron chi connectivity index (χ2n) is 6.53. The van der Waals surface area contributed by atoms with Crippen molar-refractivity contribution in [2.75, 3.05) is 0 Å². The Morgan fingerprint density at radius 1 is 1.12 bits per heavy atom. The number of hydrogen-bond acceptors (Lipinski definition) is 3. The number of nitrogens with one attached hydrogen (secondary N) is 1. The summed E-state index contributed by atoms with van der Waals surface area (Å²) in [5, 5.41) is 12.6. The molecule has 0 radical (unpaired) electrons. The van der Waals surface area contributed by atoms with E-state index in [1.165, 1.54) is 35.2 Å². The molecule has 24 heavy (non-hydrogen) atoms. The molecule has 2 heterocycles. The Morgan fingerprint density at radius 2 is 2.00 bits per heavy atom. The smallest absolute Gasteiger partial charge is 0.0659 e. The lowest BCUT2D eigenvalue weighted by atomic mass is 9.93. The molecule has 3 aromatic rings. The van der Waals surface area contributed by atoms with Gasteiger partial charge >= 0.3 is 0 Å². The topological polar surface area (TPSA) is 47.7 Å². The van der Waals surface area contributed by atoms with Crippen molar-refractivity contribution in [1.29, 1.82) is 0 Å². The number of nitrogens with zero attached hydrogens (tertiary/aromatic N) is 4. The maximum atomic E-state index is 4.48. The quantitative estimate of drug-likeness (QED) is 0.786. The van der Waals surface area contributed by atoms with Crippen molar-refractivity contribution in [3.63, 3.8) is 0 Å². The zero-order chi connectivity index (χ0) is 16.4. The minimum atomic E-state index is 0.403. The molecule has 0 saturated heterocycles. The van der Waals surface area contributed by atoms with E-state index in [0.717, 1.165) is 19.5 Å². The second kappa shape index (κ2) is 6.61. The van der Waals surface area contributed by atoms with Crippen LogP contribution < -0.4 is 5.32 Å². The van der Waals surface area contributed by atoms with Crippen molar-refractivity contribution in [2.24, 2.45) is 7.05 Å². The van der Waals surface area contributed by atoms with E-state index >= 15 is 0 Å². The van der Waals surface area contributed by atoms with Gasteiger partial charge in [0.2, 0.25) is 0 Å². The van der Waals surface area contributed by atoms with Crippen LogP contribution in [0.3, 0.4) is 0 Å². The predicted molar refractivity (Wildman–Crippen MR) is 93.5 cm³/mol. The first-order chi connectivity index (χ1) is 11.8. The Hall–Kier alpha value is -2.40. The minimum absolute atomic E-state index is 0.403. The molecule has 2 aromatic heterocycles. The van der Waals surface area contributed by atoms with E-state index in [1.807, 2.05) is 34.9 Å². The fourth-order valence-electron chi connectivity index (χ4n) is 3.51. The molecule has 0 fully saturated rings. The molecule has 124 valence electrons. The van der Waals surface area contributed by atoms with E-state index in [0.29, 0.717) is 6.04 Å². The Balaban J connectivity index is 1.39. The maximum Gasteiger partial charge on any atom is 0.0659 e. The van der Waals surface area contributed by atoms with Gasteiger partial charge in [-0.2, -0.15) is 10.2 Å². The van der Waals surface area contributed by atoms with Crippen molar-refractivity contribution >= 4 is 0 Å². The van der Waals surface area contributed by atoms with Gasteiger partial charge in [0.1, 0.15) is 0 Å². The predicted octanol–water partition coefficient (Wildman–Crippen LogP) is 2.83. The lowest BCUT2D eigenvalue weighted by Gasteiger charge is -2.23. The SMILES string of the molecule is Cn1ncc2c1CCC[C@H]2NCc1cnn(Cc2ccccc2)c1. The Morgan fingerprint density at radius 3 is 2.88 bits per heavy atom. The summed E-state index contributed by atoms with van der Waals surface area (Å²) in [5.41, 5.74) is 5.23. The molecule has 0 spiro atoms. The highest BCUT2D eigenvalue weighted by atomic mass is 15.3. The molecular formula is C19H23N5. The van der Waals surface area contributed by atoms with Crippen LogP contribution in [0.5, 0.6) is 0 Å². The maximum absolute atomic E-state index is 4.48. The normalized spacial score (nSPS) is 17.0. The number of hydrogen-bond donors (Lipinski definition) is 1. The number of benzene rings is 1. The molecule has 0 saturated carbocycles. The third-order valence-corrected chi connectivity index (χ3v) is 4.80. The van der Waals surface area contributed by atoms with Crippen LogP contribution in [0.15, 0.2) is 48.9 Å². The molecule has 0 unspecified atom stereocenters. The zero-order valence-electron chi connectivity index (χ0n) is 14.0. The monoisotopic (exact) mass is 321 g/mol. The molecule has 1 aromatic carbocycles. The first kappa shape index (κ1) is 15.1. The van der Waals surface area contributed by atoms with Crippen LogP contribution in [0.4, 0.5) is 0 Å². The van der Waals surface area contributed by atoms with Gasteiger partial charge in [0.25, 0.3) is 0 Å². The fraction of sp³-hybridized carbons (Fsp3) is 0.368. The zero-order valence-corrected chi connectivity index (χ0v) is 14.0. The van der Waals surface area contributed by atoms with Crippen LogP contribution in [-0.2, 0) is 26.6 Å². The summed E-state index contributed by atoms with van der Waals surface area (Å²) in [6.07, 6.45) is 9.65. The third kappa shape index (κ3) is 3.12. The highest BCUT2D eigenvalue weighted by molar-refractivity contribution is 5.25. The summed E-state index contributed by atoms with van der Waals surface area (Å²) < 4.78 is 4.02. The third-order valence-electron chi connectivity index (χ3n) is 4.80. The summed E-state index contributed by atoms with van der Waals surface area (Å²) in [5.74, 6) is 0. The average Bonchev–Trinajstić information content (AvgIpc) is 3.21. The Kier molecular flexibility index (Phi) is 4.17. The van der Waals surface area contributed by atoms with E-state index in [2.05, 4.69) is 46.0 Å². The van der Waals surface area contributed by atoms with E-state index < -0.39 is 0 Å². The van der Waals surface area contributed by atoms with Gasteiger partial charge in [-0.1, -0.05) is 30.3 Å². The summed E-state index contributed by atoms with van der Waals surface area (Å²) in [6, 6.07) is 10.8. The van der Waals surface area contributed by atoms with Gasteiger partial charge in [0, 0.05) is 42.7 Å². The summed E-state index contributed by atoms with van der Waals surface area (Å²) >= 11 is 0. The molecule has 5 nitrogen and oxygen atoms in total. The van der Waals surface area contributed by atoms with Crippen molar-refractivity contribution in [2.45, 2.75) is 38.4 Å². The molecule has 1 N–H and O–H groups in total. The first-order valence-corrected chi connectivity index (χ1v) is 8.59. The molecule has 0 aliphatic heterocycles. The molecule has 4 rings (SSSR count). The molecule has 0 bridgehead atoms. The van der Waals surface area contributed by atoms with Gasteiger partial charge in [-0.05, 0) is 24.8 Å². The Labute approximate surface area is 142 Å². The number of aryl methyl sites for hydroxylation is 1. The highest BCUT2D eigenvalue weighted by Gasteiger charge is 2.22. The molecule has 5 heteroatoms. The van der Waals surface area contributed by atoms with Crippen LogP contribution >= 0.6 is 0 Å². The number of aromatic nitrogens is 4. The van der Waals surface area contributed by atoms with Crippen LogP contribution in [0.2, 0.25) is 0 Å². The van der Waals surface area contributed by atoms with Gasteiger partial charge in [-0.25, -0.2) is 0 Å². The van der Waals surface area contributed by atoms with Gasteiger partial charge in [-0.3, -0.25) is 9.36 Å². The molecule has 1 atom stereocenters. The standard InChI is InChI=1S/C19H23N5/c1-23-19-9-5-8-18(17(19)12-21-23)20-10-16-11-22-24(14-16)13-15-6-3-2-4-7-15/h2-4,6-7,11-12,14,18,20H,5,8-10,13H2,1H3/t18-/m1/s1. The largest absolute Gasteiger partial charge is 0.306 e. The Bertz CT molecular complexity index is 802. The fourth-order valence-corrected chi connectivity index (χ4v) is 3.51. The van der Waals surface area contributed by atoms with Crippen LogP contribution in [0.1, 0.15) is 41.3 Å². The van der Waals surface area contributed by atoms with Gasteiger partial charge in [0.05, 0.1) is 18.9 Å². The molecule has 1 aliphatic rings. The van der Waals surface area contributed by atoms with E-state index in [4.69, 9.17) is 0 Å². The summed E-state index contributed by atoms with van der Waals surface area (Å²) in [4.78, 5) is 0. The molecule has 0 amide bonds. The minimum Gasteiger partial charge on any atom is -0.306 e.